The van der Waals surface area contributed by atoms with Gasteiger partial charge in [0, 0.05) is 12.3 Å². The first-order valence-electron chi connectivity index (χ1n) is 5.04. The Kier molecular flexibility index (Phi) is 3.07. The van der Waals surface area contributed by atoms with Crippen LogP contribution >= 0.6 is 0 Å². The van der Waals surface area contributed by atoms with Crippen molar-refractivity contribution >= 4 is 0 Å². The van der Waals surface area contributed by atoms with Crippen molar-refractivity contribution in [3.8, 4) is 0 Å². The topological polar surface area (TPSA) is 125 Å². The Bertz CT molecular complexity index is 556. The minimum atomic E-state index is -2.86. The summed E-state index contributed by atoms with van der Waals surface area (Å²) in [6, 6.07) is 0.973. The van der Waals surface area contributed by atoms with Crippen LogP contribution < -0.4 is 11.2 Å². The maximum atomic E-state index is 13.8. The SMILES string of the molecule is O=c1ccn([C@@H]2O[C@](F)(CO)C(O)[C@@H]2O)c(=O)[nH]1. The molecule has 4 N–H and O–H groups in total. The lowest BCUT2D eigenvalue weighted by Crippen LogP contribution is -2.42. The molecule has 1 aliphatic heterocycles. The lowest BCUT2D eigenvalue weighted by molar-refractivity contribution is -0.207. The van der Waals surface area contributed by atoms with Crippen LogP contribution in [0.15, 0.2) is 21.9 Å². The lowest BCUT2D eigenvalue weighted by atomic mass is 10.1. The number of aliphatic hydroxyl groups excluding tert-OH is 3. The highest BCUT2D eigenvalue weighted by Gasteiger charge is 2.55. The zero-order valence-electron chi connectivity index (χ0n) is 8.99. The molecule has 1 aromatic rings. The van der Waals surface area contributed by atoms with Gasteiger partial charge >= 0.3 is 5.69 Å². The van der Waals surface area contributed by atoms with Crippen molar-refractivity contribution in [3.05, 3.63) is 33.1 Å². The summed E-state index contributed by atoms with van der Waals surface area (Å²) in [5.74, 6) is -2.86. The lowest BCUT2D eigenvalue weighted by Gasteiger charge is -2.19. The summed E-state index contributed by atoms with van der Waals surface area (Å²) >= 11 is 0. The van der Waals surface area contributed by atoms with Crippen molar-refractivity contribution in [2.75, 3.05) is 6.61 Å². The van der Waals surface area contributed by atoms with Gasteiger partial charge in [0.25, 0.3) is 11.4 Å². The summed E-state index contributed by atoms with van der Waals surface area (Å²) in [7, 11) is 0. The number of halogens is 1. The molecule has 1 aromatic heterocycles. The summed E-state index contributed by atoms with van der Waals surface area (Å²) in [6.07, 6.45) is -4.32. The first-order chi connectivity index (χ1) is 8.39. The van der Waals surface area contributed by atoms with E-state index in [1.165, 1.54) is 0 Å². The highest BCUT2D eigenvalue weighted by molar-refractivity contribution is 4.96. The van der Waals surface area contributed by atoms with E-state index in [9.17, 15) is 24.2 Å². The van der Waals surface area contributed by atoms with Crippen LogP contribution in [0.3, 0.4) is 0 Å². The molecule has 0 spiro atoms. The third-order valence-corrected chi connectivity index (χ3v) is 2.71. The number of nitrogens with one attached hydrogen (secondary N) is 1. The van der Waals surface area contributed by atoms with Crippen molar-refractivity contribution in [2.24, 2.45) is 0 Å². The number of ether oxygens (including phenoxy) is 1. The minimum absolute atomic E-state index is 0.669. The van der Waals surface area contributed by atoms with Crippen molar-refractivity contribution < 1.29 is 24.4 Å². The predicted molar refractivity (Wildman–Crippen MR) is 54.4 cm³/mol. The van der Waals surface area contributed by atoms with E-state index in [1.807, 2.05) is 4.98 Å². The number of alkyl halides is 1. The number of hydrogen-bond acceptors (Lipinski definition) is 6. The van der Waals surface area contributed by atoms with Gasteiger partial charge in [-0.1, -0.05) is 0 Å². The minimum Gasteiger partial charge on any atom is -0.390 e. The van der Waals surface area contributed by atoms with Gasteiger partial charge in [0.05, 0.1) is 0 Å². The van der Waals surface area contributed by atoms with E-state index in [0.29, 0.717) is 4.57 Å². The molecule has 8 nitrogen and oxygen atoms in total. The second-order valence-electron chi connectivity index (χ2n) is 3.91. The van der Waals surface area contributed by atoms with Crippen molar-refractivity contribution in [1.82, 2.24) is 9.55 Å². The number of hydrogen-bond donors (Lipinski definition) is 4. The molecule has 0 radical (unpaired) electrons. The van der Waals surface area contributed by atoms with Gasteiger partial charge in [-0.15, -0.1) is 0 Å². The second-order valence-corrected chi connectivity index (χ2v) is 3.91. The number of aliphatic hydroxyl groups is 3. The molecule has 100 valence electrons. The Morgan fingerprint density at radius 1 is 1.50 bits per heavy atom. The molecular weight excluding hydrogens is 251 g/mol. The van der Waals surface area contributed by atoms with Gasteiger partial charge in [0.15, 0.2) is 6.23 Å². The van der Waals surface area contributed by atoms with E-state index in [1.54, 1.807) is 0 Å². The number of H-pyrrole nitrogens is 1. The summed E-state index contributed by atoms with van der Waals surface area (Å²) in [5.41, 5.74) is -1.60. The third-order valence-electron chi connectivity index (χ3n) is 2.71. The molecule has 1 aliphatic rings. The first-order valence-corrected chi connectivity index (χ1v) is 5.04. The van der Waals surface area contributed by atoms with E-state index in [4.69, 9.17) is 5.11 Å². The molecule has 1 unspecified atom stereocenters. The van der Waals surface area contributed by atoms with Crippen molar-refractivity contribution in [2.45, 2.75) is 24.3 Å². The van der Waals surface area contributed by atoms with Gasteiger partial charge in [-0.3, -0.25) is 14.3 Å². The van der Waals surface area contributed by atoms with Crippen LogP contribution in [-0.4, -0.2) is 49.5 Å². The molecule has 4 atom stereocenters. The van der Waals surface area contributed by atoms with E-state index in [0.717, 1.165) is 12.3 Å². The maximum absolute atomic E-state index is 13.8. The van der Waals surface area contributed by atoms with Crippen LogP contribution in [0.4, 0.5) is 4.39 Å². The number of aromatic nitrogens is 2. The second kappa shape index (κ2) is 4.28. The Morgan fingerprint density at radius 3 is 2.67 bits per heavy atom. The molecule has 18 heavy (non-hydrogen) atoms. The smallest absolute Gasteiger partial charge is 0.330 e. The molecule has 1 saturated heterocycles. The zero-order valence-corrected chi connectivity index (χ0v) is 8.99. The molecule has 0 saturated carbocycles. The molecule has 2 rings (SSSR count). The summed E-state index contributed by atoms with van der Waals surface area (Å²) < 4.78 is 19.1. The number of rotatable bonds is 2. The van der Waals surface area contributed by atoms with Gasteiger partial charge in [0.1, 0.15) is 18.8 Å². The summed E-state index contributed by atoms with van der Waals surface area (Å²) in [6.45, 7) is -1.18. The van der Waals surface area contributed by atoms with Crippen LogP contribution in [0.25, 0.3) is 0 Å². The van der Waals surface area contributed by atoms with Crippen LogP contribution in [0.1, 0.15) is 6.23 Å². The van der Waals surface area contributed by atoms with Crippen LogP contribution in [-0.2, 0) is 4.74 Å². The van der Waals surface area contributed by atoms with E-state index in [-0.39, 0.29) is 0 Å². The van der Waals surface area contributed by atoms with Gasteiger partial charge in [0.2, 0.25) is 0 Å². The zero-order chi connectivity index (χ0) is 13.5. The van der Waals surface area contributed by atoms with Gasteiger partial charge in [-0.25, -0.2) is 9.18 Å². The first kappa shape index (κ1) is 12.9. The average molecular weight is 262 g/mol. The molecular formula is C9H11FN2O6. The number of aromatic amines is 1. The Morgan fingerprint density at radius 2 is 2.17 bits per heavy atom. The monoisotopic (exact) mass is 262 g/mol. The maximum Gasteiger partial charge on any atom is 0.330 e. The highest BCUT2D eigenvalue weighted by atomic mass is 19.2. The Hall–Kier alpha value is -1.55. The standard InChI is InChI=1S/C9H11FN2O6/c10-9(3-13)6(16)5(15)7(18-9)12-2-1-4(14)11-8(12)17/h1-2,5-7,13,15-16H,3H2,(H,11,14,17)/t5-,6?,7+,9+/m0/s1. The van der Waals surface area contributed by atoms with E-state index in [2.05, 4.69) is 4.74 Å². The molecule has 0 aliphatic carbocycles. The van der Waals surface area contributed by atoms with Gasteiger partial charge in [-0.2, -0.15) is 0 Å². The third kappa shape index (κ3) is 1.86. The molecule has 0 aromatic carbocycles. The Labute approximate surface area is 98.9 Å². The molecule has 9 heteroatoms. The van der Waals surface area contributed by atoms with Crippen molar-refractivity contribution in [3.63, 3.8) is 0 Å². The normalized spacial score (nSPS) is 35.9. The molecule has 0 bridgehead atoms. The van der Waals surface area contributed by atoms with Crippen LogP contribution in [0, 0.1) is 0 Å². The highest BCUT2D eigenvalue weighted by Crippen LogP contribution is 2.37. The van der Waals surface area contributed by atoms with Crippen LogP contribution in [0.5, 0.6) is 0 Å². The average Bonchev–Trinajstić information content (AvgIpc) is 2.55. The number of nitrogens with zero attached hydrogens (tertiary/aromatic N) is 1. The fraction of sp³-hybridized carbons (Fsp3) is 0.556. The quantitative estimate of drug-likeness (QED) is 0.465. The van der Waals surface area contributed by atoms with Crippen LogP contribution in [0.2, 0.25) is 0 Å². The predicted octanol–water partition coefficient (Wildman–Crippen LogP) is -2.55. The molecule has 1 fully saturated rings. The van der Waals surface area contributed by atoms with E-state index < -0.39 is 42.1 Å². The largest absolute Gasteiger partial charge is 0.390 e. The fourth-order valence-electron chi connectivity index (χ4n) is 1.73. The van der Waals surface area contributed by atoms with Gasteiger partial charge in [-0.05, 0) is 0 Å². The molecule has 0 amide bonds. The Balaban J connectivity index is 2.41. The summed E-state index contributed by atoms with van der Waals surface area (Å²) in [5, 5.41) is 27.8. The summed E-state index contributed by atoms with van der Waals surface area (Å²) in [4.78, 5) is 24.2. The fourth-order valence-corrected chi connectivity index (χ4v) is 1.73. The van der Waals surface area contributed by atoms with Crippen molar-refractivity contribution in [1.29, 1.82) is 0 Å². The van der Waals surface area contributed by atoms with E-state index >= 15 is 0 Å². The van der Waals surface area contributed by atoms with Gasteiger partial charge < -0.3 is 20.1 Å². The molecule has 2 heterocycles.